The maximum Gasteiger partial charge on any atom is 0.321 e. The zero-order valence-electron chi connectivity index (χ0n) is 12.3. The maximum absolute atomic E-state index is 11.9. The Kier molecular flexibility index (Phi) is 5.14. The van der Waals surface area contributed by atoms with Gasteiger partial charge in [0.2, 0.25) is 0 Å². The van der Waals surface area contributed by atoms with Crippen molar-refractivity contribution in [1.82, 2.24) is 10.6 Å². The van der Waals surface area contributed by atoms with Gasteiger partial charge in [0.25, 0.3) is 5.91 Å². The highest BCUT2D eigenvalue weighted by Crippen LogP contribution is 2.15. The lowest BCUT2D eigenvalue weighted by atomic mass is 10.1. The fraction of sp³-hybridized carbons (Fsp3) is 0.176. The van der Waals surface area contributed by atoms with Crippen LogP contribution in [-0.2, 0) is 13.0 Å². The van der Waals surface area contributed by atoms with E-state index < -0.39 is 11.9 Å². The van der Waals surface area contributed by atoms with Crippen LogP contribution in [-0.4, -0.2) is 17.0 Å². The first-order valence-corrected chi connectivity index (χ1v) is 7.05. The highest BCUT2D eigenvalue weighted by molar-refractivity contribution is 6.05. The molecule has 0 fully saturated rings. The molecule has 2 rings (SSSR count). The zero-order valence-corrected chi connectivity index (χ0v) is 12.3. The van der Waals surface area contributed by atoms with Gasteiger partial charge in [-0.25, -0.2) is 4.79 Å². The summed E-state index contributed by atoms with van der Waals surface area (Å²) in [5.41, 5.74) is 2.22. The molecule has 2 aromatic carbocycles. The lowest BCUT2D eigenvalue weighted by Gasteiger charge is -2.10. The number of rotatable bonds is 4. The smallest absolute Gasteiger partial charge is 0.321 e. The van der Waals surface area contributed by atoms with Crippen molar-refractivity contribution < 1.29 is 14.7 Å². The average molecular weight is 298 g/mol. The number of para-hydroxylation sites is 1. The minimum atomic E-state index is -0.639. The molecule has 0 radical (unpaired) electrons. The van der Waals surface area contributed by atoms with E-state index in [9.17, 15) is 14.7 Å². The monoisotopic (exact) mass is 298 g/mol. The predicted molar refractivity (Wildman–Crippen MR) is 83.6 cm³/mol. The van der Waals surface area contributed by atoms with Gasteiger partial charge in [-0.05, 0) is 29.7 Å². The third kappa shape index (κ3) is 3.85. The molecule has 114 valence electrons. The highest BCUT2D eigenvalue weighted by atomic mass is 16.3. The van der Waals surface area contributed by atoms with Crippen molar-refractivity contribution in [3.63, 3.8) is 0 Å². The Morgan fingerprint density at radius 2 is 1.64 bits per heavy atom. The molecule has 0 spiro atoms. The Morgan fingerprint density at radius 3 is 2.32 bits per heavy atom. The van der Waals surface area contributed by atoms with Gasteiger partial charge in [-0.15, -0.1) is 0 Å². The summed E-state index contributed by atoms with van der Waals surface area (Å²) in [7, 11) is 0. The van der Waals surface area contributed by atoms with Gasteiger partial charge in [-0.2, -0.15) is 0 Å². The third-order valence-electron chi connectivity index (χ3n) is 3.31. The van der Waals surface area contributed by atoms with E-state index in [4.69, 9.17) is 0 Å². The second kappa shape index (κ2) is 7.26. The molecule has 0 aliphatic carbocycles. The zero-order chi connectivity index (χ0) is 15.9. The standard InChI is InChI=1S/C17H18N2O3/c1-2-12-7-3-4-8-13(12)11-18-17(22)19-16(21)14-9-5-6-10-15(14)20/h3-10,20H,2,11H2,1H3,(H2,18,19,21,22). The van der Waals surface area contributed by atoms with Crippen LogP contribution in [0.2, 0.25) is 0 Å². The van der Waals surface area contributed by atoms with E-state index in [-0.39, 0.29) is 11.3 Å². The number of aromatic hydroxyl groups is 1. The summed E-state index contributed by atoms with van der Waals surface area (Å²) in [6, 6.07) is 13.3. The molecule has 0 saturated heterocycles. The number of nitrogens with one attached hydrogen (secondary N) is 2. The molecule has 22 heavy (non-hydrogen) atoms. The van der Waals surface area contributed by atoms with Crippen molar-refractivity contribution in [2.24, 2.45) is 0 Å². The van der Waals surface area contributed by atoms with Gasteiger partial charge in [0.05, 0.1) is 5.56 Å². The number of imide groups is 1. The first-order chi connectivity index (χ1) is 10.6. The summed E-state index contributed by atoms with van der Waals surface area (Å²) in [5.74, 6) is -0.802. The minimum absolute atomic E-state index is 0.0617. The van der Waals surface area contributed by atoms with Crippen LogP contribution in [0.3, 0.4) is 0 Å². The maximum atomic E-state index is 11.9. The molecule has 0 saturated carbocycles. The molecule has 5 heteroatoms. The van der Waals surface area contributed by atoms with E-state index in [0.717, 1.165) is 17.5 Å². The Morgan fingerprint density at radius 1 is 1.00 bits per heavy atom. The van der Waals surface area contributed by atoms with Crippen molar-refractivity contribution in [2.45, 2.75) is 19.9 Å². The van der Waals surface area contributed by atoms with Crippen molar-refractivity contribution in [3.8, 4) is 5.75 Å². The summed E-state index contributed by atoms with van der Waals surface area (Å²) in [4.78, 5) is 23.7. The van der Waals surface area contributed by atoms with E-state index in [0.29, 0.717) is 6.54 Å². The fourth-order valence-corrected chi connectivity index (χ4v) is 2.13. The molecule has 0 aliphatic heterocycles. The summed E-state index contributed by atoms with van der Waals surface area (Å²) in [6.45, 7) is 2.38. The Hall–Kier alpha value is -2.82. The van der Waals surface area contributed by atoms with Crippen LogP contribution in [0.5, 0.6) is 5.75 Å². The number of carbonyl (C=O) groups excluding carboxylic acids is 2. The third-order valence-corrected chi connectivity index (χ3v) is 3.31. The van der Waals surface area contributed by atoms with E-state index >= 15 is 0 Å². The molecule has 3 amide bonds. The van der Waals surface area contributed by atoms with Crippen LogP contribution in [0, 0.1) is 0 Å². The number of aryl methyl sites for hydroxylation is 1. The number of urea groups is 1. The number of phenolic OH excluding ortho intramolecular Hbond substituents is 1. The van der Waals surface area contributed by atoms with Gasteiger partial charge < -0.3 is 10.4 Å². The van der Waals surface area contributed by atoms with Crippen LogP contribution < -0.4 is 10.6 Å². The number of amides is 3. The molecular weight excluding hydrogens is 280 g/mol. The summed E-state index contributed by atoms with van der Waals surface area (Å²) >= 11 is 0. The number of benzene rings is 2. The summed E-state index contributed by atoms with van der Waals surface area (Å²) in [6.07, 6.45) is 0.871. The number of carbonyl (C=O) groups is 2. The largest absolute Gasteiger partial charge is 0.507 e. The van der Waals surface area contributed by atoms with Crippen LogP contribution in [0.15, 0.2) is 48.5 Å². The quantitative estimate of drug-likeness (QED) is 0.812. The van der Waals surface area contributed by atoms with Crippen molar-refractivity contribution in [1.29, 1.82) is 0 Å². The highest BCUT2D eigenvalue weighted by Gasteiger charge is 2.13. The van der Waals surface area contributed by atoms with Crippen molar-refractivity contribution in [3.05, 3.63) is 65.2 Å². The van der Waals surface area contributed by atoms with Crippen LogP contribution in [0.25, 0.3) is 0 Å². The van der Waals surface area contributed by atoms with Gasteiger partial charge in [0.15, 0.2) is 0 Å². The minimum Gasteiger partial charge on any atom is -0.507 e. The van der Waals surface area contributed by atoms with Gasteiger partial charge in [0, 0.05) is 6.54 Å². The van der Waals surface area contributed by atoms with Crippen LogP contribution in [0.4, 0.5) is 4.79 Å². The Balaban J connectivity index is 1.93. The van der Waals surface area contributed by atoms with Gasteiger partial charge in [-0.3, -0.25) is 10.1 Å². The van der Waals surface area contributed by atoms with E-state index in [1.165, 1.54) is 12.1 Å². The molecule has 0 unspecified atom stereocenters. The van der Waals surface area contributed by atoms with E-state index in [1.54, 1.807) is 12.1 Å². The molecule has 0 aliphatic rings. The number of phenols is 1. The first-order valence-electron chi connectivity index (χ1n) is 7.05. The second-order valence-electron chi connectivity index (χ2n) is 4.78. The molecule has 0 atom stereocenters. The van der Waals surface area contributed by atoms with E-state index in [1.807, 2.05) is 31.2 Å². The second-order valence-corrected chi connectivity index (χ2v) is 4.78. The summed E-state index contributed by atoms with van der Waals surface area (Å²) < 4.78 is 0. The molecule has 0 aromatic heterocycles. The van der Waals surface area contributed by atoms with Gasteiger partial charge in [0.1, 0.15) is 5.75 Å². The summed E-state index contributed by atoms with van der Waals surface area (Å²) in [5, 5.41) is 14.4. The Bertz CT molecular complexity index is 683. The topological polar surface area (TPSA) is 78.4 Å². The molecular formula is C17H18N2O3. The molecule has 0 bridgehead atoms. The number of hydrogen-bond acceptors (Lipinski definition) is 3. The van der Waals surface area contributed by atoms with Crippen molar-refractivity contribution in [2.75, 3.05) is 0 Å². The van der Waals surface area contributed by atoms with E-state index in [2.05, 4.69) is 10.6 Å². The molecule has 5 nitrogen and oxygen atoms in total. The normalized spacial score (nSPS) is 10.0. The van der Waals surface area contributed by atoms with Crippen molar-refractivity contribution >= 4 is 11.9 Å². The average Bonchev–Trinajstić information content (AvgIpc) is 2.53. The lowest BCUT2D eigenvalue weighted by Crippen LogP contribution is -2.39. The van der Waals surface area contributed by atoms with Crippen LogP contribution >= 0.6 is 0 Å². The fourth-order valence-electron chi connectivity index (χ4n) is 2.13. The first kappa shape index (κ1) is 15.6. The number of hydrogen-bond donors (Lipinski definition) is 3. The predicted octanol–water partition coefficient (Wildman–Crippen LogP) is 2.59. The molecule has 3 N–H and O–H groups in total. The van der Waals surface area contributed by atoms with Crippen LogP contribution in [0.1, 0.15) is 28.4 Å². The molecule has 0 heterocycles. The lowest BCUT2D eigenvalue weighted by molar-refractivity contribution is 0.0961. The molecule has 2 aromatic rings. The SMILES string of the molecule is CCc1ccccc1CNC(=O)NC(=O)c1ccccc1O. The Labute approximate surface area is 129 Å². The van der Waals surface area contributed by atoms with Gasteiger partial charge >= 0.3 is 6.03 Å². The van der Waals surface area contributed by atoms with Gasteiger partial charge in [-0.1, -0.05) is 43.3 Å².